The molecule has 1 aromatic heterocycles. The van der Waals surface area contributed by atoms with Crippen LogP contribution in [0.1, 0.15) is 10.4 Å². The van der Waals surface area contributed by atoms with Crippen molar-refractivity contribution >= 4 is 17.5 Å². The monoisotopic (exact) mass is 285 g/mol. The lowest BCUT2D eigenvalue weighted by Crippen LogP contribution is -2.27. The molecule has 0 aliphatic heterocycles. The molecule has 0 aromatic carbocycles. The van der Waals surface area contributed by atoms with Gasteiger partial charge in [-0.2, -0.15) is 0 Å². The zero-order chi connectivity index (χ0) is 15.1. The van der Waals surface area contributed by atoms with E-state index < -0.39 is 16.6 Å². The summed E-state index contributed by atoms with van der Waals surface area (Å²) in [7, 11) is 3.00. The fourth-order valence-electron chi connectivity index (χ4n) is 1.45. The summed E-state index contributed by atoms with van der Waals surface area (Å²) in [5, 5.41) is 22.4. The molecule has 0 aliphatic rings. The van der Waals surface area contributed by atoms with Crippen LogP contribution in [0.4, 0.5) is 11.5 Å². The Kier molecular flexibility index (Phi) is 5.81. The molecule has 0 saturated heterocycles. The number of carbonyl (C=O) groups is 1. The average Bonchev–Trinajstić information content (AvgIpc) is 2.42. The van der Waals surface area contributed by atoms with Crippen molar-refractivity contribution in [2.75, 3.05) is 32.7 Å². The number of nitro groups is 1. The van der Waals surface area contributed by atoms with Crippen LogP contribution in [0.3, 0.4) is 0 Å². The van der Waals surface area contributed by atoms with Crippen molar-refractivity contribution < 1.29 is 24.3 Å². The van der Waals surface area contributed by atoms with Crippen LogP contribution in [0.25, 0.3) is 0 Å². The van der Waals surface area contributed by atoms with Gasteiger partial charge >= 0.3 is 11.7 Å². The Labute approximate surface area is 114 Å². The zero-order valence-electron chi connectivity index (χ0n) is 11.0. The van der Waals surface area contributed by atoms with Gasteiger partial charge in [0.25, 0.3) is 0 Å². The Hall–Kier alpha value is -2.26. The maximum atomic E-state index is 10.9. The van der Waals surface area contributed by atoms with Gasteiger partial charge < -0.3 is 19.9 Å². The minimum Gasteiger partial charge on any atom is -0.478 e. The van der Waals surface area contributed by atoms with E-state index in [1.807, 2.05) is 0 Å². The average molecular weight is 285 g/mol. The van der Waals surface area contributed by atoms with E-state index in [4.69, 9.17) is 14.6 Å². The third-order valence-corrected chi connectivity index (χ3v) is 2.49. The van der Waals surface area contributed by atoms with E-state index in [1.54, 1.807) is 0 Å². The lowest BCUT2D eigenvalue weighted by atomic mass is 10.2. The summed E-state index contributed by atoms with van der Waals surface area (Å²) in [5.74, 6) is -1.29. The Morgan fingerprint density at radius 1 is 1.60 bits per heavy atom. The first-order valence-corrected chi connectivity index (χ1v) is 5.63. The van der Waals surface area contributed by atoms with E-state index in [9.17, 15) is 14.9 Å². The number of hydrogen-bond donors (Lipinski definition) is 2. The summed E-state index contributed by atoms with van der Waals surface area (Å²) in [4.78, 5) is 24.7. The molecule has 1 rings (SSSR count). The number of hydrogen-bond acceptors (Lipinski definition) is 7. The molecule has 9 nitrogen and oxygen atoms in total. The summed E-state index contributed by atoms with van der Waals surface area (Å²) in [6.07, 6.45) is 0.746. The lowest BCUT2D eigenvalue weighted by molar-refractivity contribution is -0.384. The Morgan fingerprint density at radius 2 is 2.30 bits per heavy atom. The molecule has 0 saturated carbocycles. The Morgan fingerprint density at radius 3 is 2.80 bits per heavy atom. The van der Waals surface area contributed by atoms with Crippen LogP contribution in [0.15, 0.2) is 12.3 Å². The second kappa shape index (κ2) is 7.36. The van der Waals surface area contributed by atoms with E-state index >= 15 is 0 Å². The van der Waals surface area contributed by atoms with Crippen molar-refractivity contribution in [1.82, 2.24) is 4.98 Å². The molecule has 1 atom stereocenters. The first kappa shape index (κ1) is 15.8. The predicted octanol–water partition coefficient (Wildman–Crippen LogP) is 0.761. The smallest absolute Gasteiger partial charge is 0.337 e. The van der Waals surface area contributed by atoms with Gasteiger partial charge in [0.05, 0.1) is 23.2 Å². The largest absolute Gasteiger partial charge is 0.478 e. The van der Waals surface area contributed by atoms with Crippen molar-refractivity contribution in [1.29, 1.82) is 0 Å². The van der Waals surface area contributed by atoms with Gasteiger partial charge in [-0.3, -0.25) is 10.1 Å². The molecule has 0 aliphatic carbocycles. The Balaban J connectivity index is 2.89. The van der Waals surface area contributed by atoms with Gasteiger partial charge in [-0.15, -0.1) is 0 Å². The SMILES string of the molecule is COCC(CNc1ncc(C(=O)O)cc1[N+](=O)[O-])OC. The maximum absolute atomic E-state index is 10.9. The number of anilines is 1. The molecule has 1 unspecified atom stereocenters. The highest BCUT2D eigenvalue weighted by atomic mass is 16.6. The van der Waals surface area contributed by atoms with Gasteiger partial charge in [-0.1, -0.05) is 0 Å². The number of nitrogens with one attached hydrogen (secondary N) is 1. The van der Waals surface area contributed by atoms with Gasteiger partial charge in [-0.05, 0) is 0 Å². The molecular weight excluding hydrogens is 270 g/mol. The number of carboxylic acids is 1. The van der Waals surface area contributed by atoms with Crippen LogP contribution in [-0.4, -0.2) is 54.5 Å². The van der Waals surface area contributed by atoms with Crippen LogP contribution in [-0.2, 0) is 9.47 Å². The number of carboxylic acid groups (broad SMARTS) is 1. The highest BCUT2D eigenvalue weighted by molar-refractivity contribution is 5.88. The number of aromatic nitrogens is 1. The van der Waals surface area contributed by atoms with Gasteiger partial charge in [0, 0.05) is 33.0 Å². The molecule has 0 spiro atoms. The number of aromatic carboxylic acids is 1. The second-order valence-electron chi connectivity index (χ2n) is 3.85. The van der Waals surface area contributed by atoms with Crippen molar-refractivity contribution in [3.63, 3.8) is 0 Å². The number of rotatable bonds is 8. The van der Waals surface area contributed by atoms with E-state index in [-0.39, 0.29) is 24.0 Å². The quantitative estimate of drug-likeness (QED) is 0.530. The maximum Gasteiger partial charge on any atom is 0.337 e. The normalized spacial score (nSPS) is 11.9. The van der Waals surface area contributed by atoms with Crippen molar-refractivity contribution in [2.45, 2.75) is 6.10 Å². The fraction of sp³-hybridized carbons (Fsp3) is 0.455. The molecule has 20 heavy (non-hydrogen) atoms. The van der Waals surface area contributed by atoms with Gasteiger partial charge in [-0.25, -0.2) is 9.78 Å². The van der Waals surface area contributed by atoms with Gasteiger partial charge in [0.15, 0.2) is 0 Å². The predicted molar refractivity (Wildman–Crippen MR) is 69.0 cm³/mol. The molecule has 0 radical (unpaired) electrons. The van der Waals surface area contributed by atoms with Gasteiger partial charge in [0.1, 0.15) is 0 Å². The number of ether oxygens (including phenoxy) is 2. The molecule has 0 amide bonds. The van der Waals surface area contributed by atoms with Crippen molar-refractivity contribution in [3.8, 4) is 0 Å². The molecule has 1 aromatic rings. The molecule has 1 heterocycles. The van der Waals surface area contributed by atoms with Crippen LogP contribution >= 0.6 is 0 Å². The first-order chi connectivity index (χ1) is 9.49. The minimum atomic E-state index is -1.28. The molecule has 2 N–H and O–H groups in total. The van der Waals surface area contributed by atoms with Crippen LogP contribution in [0.5, 0.6) is 0 Å². The van der Waals surface area contributed by atoms with E-state index in [0.717, 1.165) is 12.3 Å². The topological polar surface area (TPSA) is 124 Å². The summed E-state index contributed by atoms with van der Waals surface area (Å²) >= 11 is 0. The summed E-state index contributed by atoms with van der Waals surface area (Å²) < 4.78 is 10.0. The third kappa shape index (κ3) is 4.14. The number of methoxy groups -OCH3 is 2. The molecular formula is C11H15N3O6. The lowest BCUT2D eigenvalue weighted by Gasteiger charge is -2.15. The first-order valence-electron chi connectivity index (χ1n) is 5.63. The van der Waals surface area contributed by atoms with Crippen molar-refractivity contribution in [2.24, 2.45) is 0 Å². The molecule has 9 heteroatoms. The highest BCUT2D eigenvalue weighted by Crippen LogP contribution is 2.22. The highest BCUT2D eigenvalue weighted by Gasteiger charge is 2.19. The Bertz CT molecular complexity index is 493. The van der Waals surface area contributed by atoms with Crippen LogP contribution < -0.4 is 5.32 Å². The second-order valence-corrected chi connectivity index (χ2v) is 3.85. The van der Waals surface area contributed by atoms with E-state index in [1.165, 1.54) is 14.2 Å². The minimum absolute atomic E-state index is 0.0156. The summed E-state index contributed by atoms with van der Waals surface area (Å²) in [6.45, 7) is 0.551. The van der Waals surface area contributed by atoms with Crippen LogP contribution in [0, 0.1) is 10.1 Å². The van der Waals surface area contributed by atoms with E-state index in [0.29, 0.717) is 6.61 Å². The van der Waals surface area contributed by atoms with Crippen LogP contribution in [0.2, 0.25) is 0 Å². The summed E-state index contributed by atoms with van der Waals surface area (Å²) in [6, 6.07) is 0.954. The van der Waals surface area contributed by atoms with E-state index in [2.05, 4.69) is 10.3 Å². The zero-order valence-corrected chi connectivity index (χ0v) is 11.0. The standard InChI is InChI=1S/C11H15N3O6/c1-19-6-8(20-2)5-13-10-9(14(17)18)3-7(4-12-10)11(15)16/h3-4,8H,5-6H2,1-2H3,(H,12,13)(H,15,16). The fourth-order valence-corrected chi connectivity index (χ4v) is 1.45. The number of pyridine rings is 1. The molecule has 0 fully saturated rings. The van der Waals surface area contributed by atoms with Gasteiger partial charge in [0.2, 0.25) is 5.82 Å². The molecule has 0 bridgehead atoms. The third-order valence-electron chi connectivity index (χ3n) is 2.49. The molecule has 110 valence electrons. The summed E-state index contributed by atoms with van der Waals surface area (Å²) in [5.41, 5.74) is -0.653. The van der Waals surface area contributed by atoms with Crippen molar-refractivity contribution in [3.05, 3.63) is 27.9 Å². The number of nitrogens with zero attached hydrogens (tertiary/aromatic N) is 2.